The first-order chi connectivity index (χ1) is 10.5. The van der Waals surface area contributed by atoms with Gasteiger partial charge in [0.1, 0.15) is 17.3 Å². The maximum absolute atomic E-state index is 14.3. The average Bonchev–Trinajstić information content (AvgIpc) is 2.47. The number of methoxy groups -OCH3 is 1. The third kappa shape index (κ3) is 4.17. The maximum Gasteiger partial charge on any atom is 0.149 e. The van der Waals surface area contributed by atoms with Crippen LogP contribution in [0.5, 0.6) is 0 Å². The molecule has 0 aliphatic carbocycles. The fraction of sp³-hybridized carbons (Fsp3) is 0.647. The second kappa shape index (κ2) is 7.88. The van der Waals surface area contributed by atoms with Gasteiger partial charge in [0.05, 0.1) is 0 Å². The lowest BCUT2D eigenvalue weighted by Crippen LogP contribution is -2.49. The van der Waals surface area contributed by atoms with Gasteiger partial charge >= 0.3 is 0 Å². The SMILES string of the molecule is COCCCc1cc(F)c(N2CCN(C(C)C)CC2)c(F)c1. The van der Waals surface area contributed by atoms with E-state index < -0.39 is 11.6 Å². The van der Waals surface area contributed by atoms with Crippen molar-refractivity contribution >= 4 is 5.69 Å². The minimum Gasteiger partial charge on any atom is -0.385 e. The number of halogens is 2. The fourth-order valence-corrected chi connectivity index (χ4v) is 2.95. The Morgan fingerprint density at radius 1 is 1.09 bits per heavy atom. The molecule has 2 rings (SSSR count). The third-order valence-electron chi connectivity index (χ3n) is 4.25. The minimum atomic E-state index is -0.453. The van der Waals surface area contributed by atoms with E-state index in [4.69, 9.17) is 4.74 Å². The van der Waals surface area contributed by atoms with E-state index in [1.54, 1.807) is 7.11 Å². The molecule has 0 N–H and O–H groups in total. The van der Waals surface area contributed by atoms with Crippen molar-refractivity contribution in [1.82, 2.24) is 4.90 Å². The zero-order valence-electron chi connectivity index (χ0n) is 13.7. The lowest BCUT2D eigenvalue weighted by molar-refractivity contribution is 0.195. The van der Waals surface area contributed by atoms with Gasteiger partial charge in [0, 0.05) is 45.9 Å². The summed E-state index contributed by atoms with van der Waals surface area (Å²) >= 11 is 0. The molecule has 0 radical (unpaired) electrons. The van der Waals surface area contributed by atoms with E-state index in [0.717, 1.165) is 19.5 Å². The number of nitrogens with zero attached hydrogens (tertiary/aromatic N) is 2. The standard InChI is InChI=1S/C17H26F2N2O/c1-13(2)20-6-8-21(9-7-20)17-15(18)11-14(12-16(17)19)5-4-10-22-3/h11-13H,4-10H2,1-3H3. The van der Waals surface area contributed by atoms with Crippen molar-refractivity contribution < 1.29 is 13.5 Å². The summed E-state index contributed by atoms with van der Waals surface area (Å²) in [5, 5.41) is 0. The highest BCUT2D eigenvalue weighted by Crippen LogP contribution is 2.27. The Morgan fingerprint density at radius 2 is 1.68 bits per heavy atom. The summed E-state index contributed by atoms with van der Waals surface area (Å²) in [7, 11) is 1.63. The van der Waals surface area contributed by atoms with Crippen molar-refractivity contribution in [3.63, 3.8) is 0 Å². The Kier molecular flexibility index (Phi) is 6.15. The van der Waals surface area contributed by atoms with Gasteiger partial charge < -0.3 is 9.64 Å². The zero-order chi connectivity index (χ0) is 16.1. The summed E-state index contributed by atoms with van der Waals surface area (Å²) in [5.74, 6) is -0.907. The summed E-state index contributed by atoms with van der Waals surface area (Å²) < 4.78 is 33.6. The van der Waals surface area contributed by atoms with Crippen molar-refractivity contribution in [2.24, 2.45) is 0 Å². The Morgan fingerprint density at radius 3 is 2.18 bits per heavy atom. The first-order valence-corrected chi connectivity index (χ1v) is 7.98. The van der Waals surface area contributed by atoms with Crippen LogP contribution in [-0.4, -0.2) is 50.8 Å². The zero-order valence-corrected chi connectivity index (χ0v) is 13.7. The largest absolute Gasteiger partial charge is 0.385 e. The maximum atomic E-state index is 14.3. The van der Waals surface area contributed by atoms with Gasteiger partial charge in [0.15, 0.2) is 0 Å². The van der Waals surface area contributed by atoms with E-state index in [1.807, 2.05) is 4.90 Å². The Labute approximate surface area is 131 Å². The summed E-state index contributed by atoms with van der Waals surface area (Å²) in [6.45, 7) is 7.89. The molecular weight excluding hydrogens is 286 g/mol. The van der Waals surface area contributed by atoms with Gasteiger partial charge in [0.25, 0.3) is 0 Å². The summed E-state index contributed by atoms with van der Waals surface area (Å²) in [5.41, 5.74) is 0.815. The van der Waals surface area contributed by atoms with Crippen LogP contribution in [0.25, 0.3) is 0 Å². The van der Waals surface area contributed by atoms with E-state index in [2.05, 4.69) is 18.7 Å². The monoisotopic (exact) mass is 312 g/mol. The number of hydrogen-bond acceptors (Lipinski definition) is 3. The smallest absolute Gasteiger partial charge is 0.149 e. The van der Waals surface area contributed by atoms with E-state index in [1.165, 1.54) is 12.1 Å². The van der Waals surface area contributed by atoms with Crippen molar-refractivity contribution in [3.8, 4) is 0 Å². The van der Waals surface area contributed by atoms with E-state index in [-0.39, 0.29) is 5.69 Å². The summed E-state index contributed by atoms with van der Waals surface area (Å²) in [6.07, 6.45) is 1.39. The van der Waals surface area contributed by atoms with Crippen LogP contribution in [0.1, 0.15) is 25.8 Å². The number of benzene rings is 1. The van der Waals surface area contributed by atoms with Crippen LogP contribution in [0.3, 0.4) is 0 Å². The quantitative estimate of drug-likeness (QED) is 0.751. The molecule has 1 aliphatic heterocycles. The molecule has 5 heteroatoms. The number of ether oxygens (including phenoxy) is 1. The van der Waals surface area contributed by atoms with E-state index in [0.29, 0.717) is 37.7 Å². The molecule has 1 saturated heterocycles. The van der Waals surface area contributed by atoms with Gasteiger partial charge in [-0.1, -0.05) is 0 Å². The number of rotatable bonds is 6. The molecule has 0 unspecified atom stereocenters. The van der Waals surface area contributed by atoms with Crippen LogP contribution in [0.15, 0.2) is 12.1 Å². The van der Waals surface area contributed by atoms with Gasteiger partial charge in [-0.15, -0.1) is 0 Å². The van der Waals surface area contributed by atoms with Crippen LogP contribution in [0.4, 0.5) is 14.5 Å². The number of anilines is 1. The van der Waals surface area contributed by atoms with E-state index >= 15 is 0 Å². The fourth-order valence-electron chi connectivity index (χ4n) is 2.95. The highest BCUT2D eigenvalue weighted by Gasteiger charge is 2.23. The van der Waals surface area contributed by atoms with Crippen LogP contribution in [0, 0.1) is 11.6 Å². The summed E-state index contributed by atoms with van der Waals surface area (Å²) in [4.78, 5) is 4.15. The molecule has 124 valence electrons. The molecule has 1 fully saturated rings. The van der Waals surface area contributed by atoms with Gasteiger partial charge in [-0.3, -0.25) is 4.90 Å². The molecule has 1 aromatic rings. The molecule has 1 heterocycles. The van der Waals surface area contributed by atoms with Gasteiger partial charge in [0.2, 0.25) is 0 Å². The van der Waals surface area contributed by atoms with Gasteiger partial charge in [-0.2, -0.15) is 0 Å². The van der Waals surface area contributed by atoms with Gasteiger partial charge in [-0.25, -0.2) is 8.78 Å². The van der Waals surface area contributed by atoms with Crippen LogP contribution < -0.4 is 4.90 Å². The van der Waals surface area contributed by atoms with Crippen molar-refractivity contribution in [2.75, 3.05) is 44.8 Å². The molecule has 1 aromatic carbocycles. The minimum absolute atomic E-state index is 0.124. The molecule has 0 spiro atoms. The Balaban J connectivity index is 2.05. The molecule has 22 heavy (non-hydrogen) atoms. The number of aryl methyl sites for hydroxylation is 1. The first kappa shape index (κ1) is 17.2. The molecular formula is C17H26F2N2O. The molecule has 1 aliphatic rings. The third-order valence-corrected chi connectivity index (χ3v) is 4.25. The summed E-state index contributed by atoms with van der Waals surface area (Å²) in [6, 6.07) is 3.39. The molecule has 0 saturated carbocycles. The molecule has 3 nitrogen and oxygen atoms in total. The molecule has 0 amide bonds. The number of hydrogen-bond donors (Lipinski definition) is 0. The van der Waals surface area contributed by atoms with Crippen molar-refractivity contribution in [3.05, 3.63) is 29.3 Å². The topological polar surface area (TPSA) is 15.7 Å². The van der Waals surface area contributed by atoms with Gasteiger partial charge in [-0.05, 0) is 44.4 Å². The van der Waals surface area contributed by atoms with Crippen molar-refractivity contribution in [2.45, 2.75) is 32.7 Å². The van der Waals surface area contributed by atoms with Crippen molar-refractivity contribution in [1.29, 1.82) is 0 Å². The lowest BCUT2D eigenvalue weighted by atomic mass is 10.1. The highest BCUT2D eigenvalue weighted by atomic mass is 19.1. The highest BCUT2D eigenvalue weighted by molar-refractivity contribution is 5.51. The second-order valence-corrected chi connectivity index (χ2v) is 6.12. The Bertz CT molecular complexity index is 463. The predicted molar refractivity (Wildman–Crippen MR) is 85.5 cm³/mol. The Hall–Kier alpha value is -1.20. The molecule has 0 bridgehead atoms. The number of piperazine rings is 1. The van der Waals surface area contributed by atoms with E-state index in [9.17, 15) is 8.78 Å². The normalized spacial score (nSPS) is 16.5. The lowest BCUT2D eigenvalue weighted by Gasteiger charge is -2.38. The van der Waals surface area contributed by atoms with Crippen LogP contribution >= 0.6 is 0 Å². The first-order valence-electron chi connectivity index (χ1n) is 7.98. The van der Waals surface area contributed by atoms with Crippen LogP contribution in [-0.2, 0) is 11.2 Å². The second-order valence-electron chi connectivity index (χ2n) is 6.12. The predicted octanol–water partition coefficient (Wildman–Crippen LogP) is 3.07. The molecule has 0 atom stereocenters. The average molecular weight is 312 g/mol. The van der Waals surface area contributed by atoms with Crippen LogP contribution in [0.2, 0.25) is 0 Å². The molecule has 0 aromatic heterocycles.